The van der Waals surface area contributed by atoms with E-state index in [0.717, 1.165) is 0 Å². The standard InChI is InChI=1S/C15H17NO5/c1-4-12(17)13-9(2)21-15(16(18)19)14(13)10-5-7-11(20-3)8-6-10/h5-8,14-15H,4H2,1-3H3. The van der Waals surface area contributed by atoms with Crippen LogP contribution in [-0.2, 0) is 9.53 Å². The number of nitrogens with zero attached hydrogens (tertiary/aromatic N) is 1. The highest BCUT2D eigenvalue weighted by atomic mass is 16.7. The van der Waals surface area contributed by atoms with Crippen LogP contribution in [0.3, 0.4) is 0 Å². The summed E-state index contributed by atoms with van der Waals surface area (Å²) in [6.07, 6.45) is -0.975. The average Bonchev–Trinajstić information content (AvgIpc) is 2.84. The topological polar surface area (TPSA) is 78.7 Å². The van der Waals surface area contributed by atoms with E-state index in [2.05, 4.69) is 0 Å². The van der Waals surface area contributed by atoms with E-state index in [-0.39, 0.29) is 12.2 Å². The number of ketones is 1. The lowest BCUT2D eigenvalue weighted by molar-refractivity contribution is -0.570. The third kappa shape index (κ3) is 2.74. The van der Waals surface area contributed by atoms with Crippen molar-refractivity contribution in [1.29, 1.82) is 0 Å². The fourth-order valence-corrected chi connectivity index (χ4v) is 2.54. The first kappa shape index (κ1) is 15.0. The highest BCUT2D eigenvalue weighted by Crippen LogP contribution is 2.40. The molecule has 1 aliphatic heterocycles. The average molecular weight is 291 g/mol. The quantitative estimate of drug-likeness (QED) is 0.615. The van der Waals surface area contributed by atoms with Crippen molar-refractivity contribution < 1.29 is 19.2 Å². The Hall–Kier alpha value is -2.37. The summed E-state index contributed by atoms with van der Waals surface area (Å²) in [7, 11) is 1.55. The summed E-state index contributed by atoms with van der Waals surface area (Å²) in [5.74, 6) is 0.180. The molecule has 2 atom stereocenters. The highest BCUT2D eigenvalue weighted by Gasteiger charge is 2.46. The molecular weight excluding hydrogens is 274 g/mol. The second-order valence-electron chi connectivity index (χ2n) is 4.79. The van der Waals surface area contributed by atoms with Crippen LogP contribution < -0.4 is 4.74 Å². The maximum absolute atomic E-state index is 12.1. The molecule has 21 heavy (non-hydrogen) atoms. The molecule has 1 heterocycles. The molecule has 0 N–H and O–H groups in total. The van der Waals surface area contributed by atoms with Gasteiger partial charge in [-0.05, 0) is 24.6 Å². The summed E-state index contributed by atoms with van der Waals surface area (Å²) in [6.45, 7) is 3.33. The molecule has 0 radical (unpaired) electrons. The highest BCUT2D eigenvalue weighted by molar-refractivity contribution is 5.97. The minimum Gasteiger partial charge on any atom is -0.497 e. The molecule has 2 rings (SSSR count). The summed E-state index contributed by atoms with van der Waals surface area (Å²) >= 11 is 0. The number of hydrogen-bond donors (Lipinski definition) is 0. The fraction of sp³-hybridized carbons (Fsp3) is 0.400. The third-order valence-electron chi connectivity index (χ3n) is 3.58. The van der Waals surface area contributed by atoms with Gasteiger partial charge in [-0.25, -0.2) is 0 Å². The van der Waals surface area contributed by atoms with Crippen LogP contribution in [0.2, 0.25) is 0 Å². The maximum atomic E-state index is 12.1. The molecule has 6 nitrogen and oxygen atoms in total. The van der Waals surface area contributed by atoms with Gasteiger partial charge in [-0.3, -0.25) is 14.9 Å². The smallest absolute Gasteiger partial charge is 0.364 e. The van der Waals surface area contributed by atoms with Crippen LogP contribution in [0.15, 0.2) is 35.6 Å². The molecule has 2 unspecified atom stereocenters. The molecule has 0 fully saturated rings. The first-order valence-electron chi connectivity index (χ1n) is 6.67. The van der Waals surface area contributed by atoms with Crippen molar-refractivity contribution in [3.8, 4) is 5.75 Å². The van der Waals surface area contributed by atoms with Crippen LogP contribution in [-0.4, -0.2) is 24.0 Å². The van der Waals surface area contributed by atoms with Gasteiger partial charge in [0, 0.05) is 6.42 Å². The lowest BCUT2D eigenvalue weighted by atomic mass is 9.87. The van der Waals surface area contributed by atoms with Crippen LogP contribution in [0.5, 0.6) is 5.75 Å². The molecule has 1 aromatic rings. The Kier molecular flexibility index (Phi) is 4.26. The third-order valence-corrected chi connectivity index (χ3v) is 3.58. The van der Waals surface area contributed by atoms with Crippen LogP contribution in [0.25, 0.3) is 0 Å². The Morgan fingerprint density at radius 2 is 2.00 bits per heavy atom. The predicted octanol–water partition coefficient (Wildman–Crippen LogP) is 2.66. The molecular formula is C15H17NO5. The Bertz CT molecular complexity index is 591. The first-order chi connectivity index (χ1) is 9.99. The molecule has 0 spiro atoms. The van der Waals surface area contributed by atoms with Gasteiger partial charge in [0.15, 0.2) is 5.78 Å². The van der Waals surface area contributed by atoms with Gasteiger partial charge >= 0.3 is 6.23 Å². The largest absolute Gasteiger partial charge is 0.497 e. The molecule has 1 aliphatic rings. The maximum Gasteiger partial charge on any atom is 0.364 e. The Morgan fingerprint density at radius 1 is 1.38 bits per heavy atom. The number of nitro groups is 1. The molecule has 0 bridgehead atoms. The van der Waals surface area contributed by atoms with Gasteiger partial charge in [-0.2, -0.15) is 0 Å². The number of rotatable bonds is 5. The monoisotopic (exact) mass is 291 g/mol. The van der Waals surface area contributed by atoms with E-state index in [0.29, 0.717) is 22.6 Å². The van der Waals surface area contributed by atoms with Gasteiger partial charge in [0.1, 0.15) is 17.4 Å². The van der Waals surface area contributed by atoms with Crippen LogP contribution in [0.1, 0.15) is 31.7 Å². The number of hydrogen-bond acceptors (Lipinski definition) is 5. The minimum absolute atomic E-state index is 0.127. The molecule has 112 valence electrons. The second kappa shape index (κ2) is 5.95. The molecule has 0 saturated heterocycles. The van der Waals surface area contributed by atoms with Gasteiger partial charge in [0.2, 0.25) is 0 Å². The number of Topliss-reactive ketones (excluding diaryl/α,β-unsaturated/α-hetero) is 1. The van der Waals surface area contributed by atoms with Gasteiger partial charge < -0.3 is 9.47 Å². The lowest BCUT2D eigenvalue weighted by Gasteiger charge is -2.15. The molecule has 0 saturated carbocycles. The van der Waals surface area contributed by atoms with Crippen molar-refractivity contribution in [1.82, 2.24) is 0 Å². The molecule has 0 amide bonds. The van der Waals surface area contributed by atoms with E-state index in [4.69, 9.17) is 9.47 Å². The predicted molar refractivity (Wildman–Crippen MR) is 75.6 cm³/mol. The van der Waals surface area contributed by atoms with E-state index in [9.17, 15) is 14.9 Å². The van der Waals surface area contributed by atoms with E-state index in [1.807, 2.05) is 0 Å². The summed E-state index contributed by atoms with van der Waals surface area (Å²) in [4.78, 5) is 22.9. The Labute approximate surface area is 122 Å². The Balaban J connectivity index is 2.46. The van der Waals surface area contributed by atoms with Gasteiger partial charge in [0.05, 0.1) is 17.6 Å². The summed E-state index contributed by atoms with van der Waals surface area (Å²) in [5.41, 5.74) is 1.07. The summed E-state index contributed by atoms with van der Waals surface area (Å²) in [6, 6.07) is 6.89. The zero-order valence-electron chi connectivity index (χ0n) is 12.2. The summed E-state index contributed by atoms with van der Waals surface area (Å²) in [5, 5.41) is 11.2. The van der Waals surface area contributed by atoms with E-state index in [1.54, 1.807) is 45.2 Å². The Morgan fingerprint density at radius 3 is 2.48 bits per heavy atom. The summed E-state index contributed by atoms with van der Waals surface area (Å²) < 4.78 is 10.4. The van der Waals surface area contributed by atoms with Crippen molar-refractivity contribution in [2.45, 2.75) is 32.4 Å². The van der Waals surface area contributed by atoms with Crippen molar-refractivity contribution in [2.75, 3.05) is 7.11 Å². The zero-order valence-corrected chi connectivity index (χ0v) is 12.2. The zero-order chi connectivity index (χ0) is 15.6. The molecule has 0 aromatic heterocycles. The van der Waals surface area contributed by atoms with Crippen molar-refractivity contribution in [3.63, 3.8) is 0 Å². The first-order valence-corrected chi connectivity index (χ1v) is 6.67. The van der Waals surface area contributed by atoms with Crippen molar-refractivity contribution in [2.24, 2.45) is 0 Å². The van der Waals surface area contributed by atoms with Crippen LogP contribution >= 0.6 is 0 Å². The second-order valence-corrected chi connectivity index (χ2v) is 4.79. The molecule has 0 aliphatic carbocycles. The van der Waals surface area contributed by atoms with Crippen LogP contribution in [0.4, 0.5) is 0 Å². The van der Waals surface area contributed by atoms with Gasteiger partial charge in [-0.1, -0.05) is 19.1 Å². The number of methoxy groups -OCH3 is 1. The lowest BCUT2D eigenvalue weighted by Crippen LogP contribution is -2.27. The normalized spacial score (nSPS) is 21.1. The van der Waals surface area contributed by atoms with Crippen LogP contribution in [0, 0.1) is 10.1 Å². The van der Waals surface area contributed by atoms with Gasteiger partial charge in [-0.15, -0.1) is 0 Å². The number of benzene rings is 1. The van der Waals surface area contributed by atoms with E-state index >= 15 is 0 Å². The number of ether oxygens (including phenoxy) is 2. The van der Waals surface area contributed by atoms with E-state index < -0.39 is 17.1 Å². The number of allylic oxidation sites excluding steroid dienone is 1. The minimum atomic E-state index is -1.26. The van der Waals surface area contributed by atoms with Crippen molar-refractivity contribution in [3.05, 3.63) is 51.3 Å². The SMILES string of the molecule is CCC(=O)C1=C(C)OC([N+](=O)[O-])C1c1ccc(OC)cc1. The molecule has 6 heteroatoms. The number of carbonyl (C=O) groups excluding carboxylic acids is 1. The fourth-order valence-electron chi connectivity index (χ4n) is 2.54. The molecule has 1 aromatic carbocycles. The number of carbonyl (C=O) groups is 1. The van der Waals surface area contributed by atoms with Crippen molar-refractivity contribution >= 4 is 5.78 Å². The van der Waals surface area contributed by atoms with E-state index in [1.165, 1.54) is 0 Å². The van der Waals surface area contributed by atoms with Gasteiger partial charge in [0.25, 0.3) is 0 Å².